The molecular weight excluding hydrogens is 394 g/mol. The molecule has 6 heteroatoms. The third-order valence-corrected chi connectivity index (χ3v) is 4.42. The molecule has 2 aromatic carbocycles. The number of pyridine rings is 1. The minimum atomic E-state index is -0.278. The van der Waals surface area contributed by atoms with Crippen LogP contribution in [0.2, 0.25) is 0 Å². The average Bonchev–Trinajstić information content (AvgIpc) is 2.66. The molecule has 0 aliphatic heterocycles. The second-order valence-electron chi connectivity index (χ2n) is 5.79. The van der Waals surface area contributed by atoms with E-state index in [0.29, 0.717) is 18.5 Å². The first-order chi connectivity index (χ1) is 12.6. The van der Waals surface area contributed by atoms with Crippen LogP contribution in [0.3, 0.4) is 0 Å². The van der Waals surface area contributed by atoms with Gasteiger partial charge in [-0.2, -0.15) is 0 Å². The molecule has 2 amide bonds. The fraction of sp³-hybridized carbons (Fsp3) is 0.150. The Morgan fingerprint density at radius 3 is 2.65 bits per heavy atom. The molecule has 3 rings (SSSR count). The van der Waals surface area contributed by atoms with Crippen molar-refractivity contribution in [3.63, 3.8) is 0 Å². The molecule has 0 aliphatic rings. The van der Waals surface area contributed by atoms with Crippen molar-refractivity contribution in [2.75, 3.05) is 13.1 Å². The van der Waals surface area contributed by atoms with Crippen LogP contribution < -0.4 is 10.6 Å². The van der Waals surface area contributed by atoms with Gasteiger partial charge in [0.2, 0.25) is 5.91 Å². The van der Waals surface area contributed by atoms with Crippen molar-refractivity contribution in [1.29, 1.82) is 0 Å². The van der Waals surface area contributed by atoms with Crippen molar-refractivity contribution in [3.05, 3.63) is 76.4 Å². The maximum absolute atomic E-state index is 12.0. The lowest BCUT2D eigenvalue weighted by Crippen LogP contribution is -2.37. The summed E-state index contributed by atoms with van der Waals surface area (Å²) in [4.78, 5) is 28.4. The first-order valence-corrected chi connectivity index (χ1v) is 9.06. The number of aromatic nitrogens is 1. The number of rotatable bonds is 6. The summed E-state index contributed by atoms with van der Waals surface area (Å²) in [6.45, 7) is 0.431. The Balaban J connectivity index is 1.48. The van der Waals surface area contributed by atoms with Crippen molar-refractivity contribution in [2.45, 2.75) is 6.42 Å². The number of amides is 2. The lowest BCUT2D eigenvalue weighted by molar-refractivity contribution is -0.120. The van der Waals surface area contributed by atoms with Gasteiger partial charge in [0.1, 0.15) is 0 Å². The molecule has 1 heterocycles. The Hall–Kier alpha value is -2.73. The van der Waals surface area contributed by atoms with Gasteiger partial charge in [0.25, 0.3) is 5.91 Å². The summed E-state index contributed by atoms with van der Waals surface area (Å²) in [5.74, 6) is -0.499. The molecule has 0 saturated carbocycles. The van der Waals surface area contributed by atoms with Crippen LogP contribution in [0.25, 0.3) is 10.9 Å². The molecule has 2 N–H and O–H groups in total. The second-order valence-corrected chi connectivity index (χ2v) is 6.70. The fourth-order valence-electron chi connectivity index (χ4n) is 2.66. The normalized spacial score (nSPS) is 10.5. The van der Waals surface area contributed by atoms with Gasteiger partial charge in [-0.15, -0.1) is 0 Å². The van der Waals surface area contributed by atoms with E-state index in [1.54, 1.807) is 24.4 Å². The summed E-state index contributed by atoms with van der Waals surface area (Å²) in [7, 11) is 0. The maximum Gasteiger partial charge on any atom is 0.251 e. The Morgan fingerprint density at radius 1 is 1.00 bits per heavy atom. The van der Waals surface area contributed by atoms with Crippen molar-refractivity contribution in [2.24, 2.45) is 0 Å². The van der Waals surface area contributed by atoms with Crippen LogP contribution in [-0.2, 0) is 11.2 Å². The van der Waals surface area contributed by atoms with E-state index >= 15 is 0 Å². The lowest BCUT2D eigenvalue weighted by Gasteiger charge is -2.08. The highest BCUT2D eigenvalue weighted by Crippen LogP contribution is 2.16. The number of carbonyl (C=O) groups excluding carboxylic acids is 2. The van der Waals surface area contributed by atoms with Crippen molar-refractivity contribution >= 4 is 38.6 Å². The number of nitrogens with zero attached hydrogens (tertiary/aromatic N) is 1. The molecule has 0 spiro atoms. The van der Waals surface area contributed by atoms with Gasteiger partial charge in [0.15, 0.2) is 0 Å². The van der Waals surface area contributed by atoms with Crippen molar-refractivity contribution < 1.29 is 9.59 Å². The van der Waals surface area contributed by atoms with Crippen LogP contribution in [-0.4, -0.2) is 29.9 Å². The quantitative estimate of drug-likeness (QED) is 0.654. The first kappa shape index (κ1) is 18.1. The van der Waals surface area contributed by atoms with Crippen LogP contribution in [0, 0.1) is 0 Å². The van der Waals surface area contributed by atoms with Crippen LogP contribution >= 0.6 is 15.9 Å². The summed E-state index contributed by atoms with van der Waals surface area (Å²) in [6.07, 6.45) is 2.45. The second kappa shape index (κ2) is 8.58. The Bertz CT molecular complexity index is 938. The molecule has 5 nitrogen and oxygen atoms in total. The third-order valence-electron chi connectivity index (χ3n) is 3.93. The Labute approximate surface area is 160 Å². The zero-order chi connectivity index (χ0) is 18.4. The summed E-state index contributed by atoms with van der Waals surface area (Å²) in [6, 6.07) is 17.0. The molecule has 0 aliphatic carbocycles. The molecule has 26 heavy (non-hydrogen) atoms. The van der Waals surface area contributed by atoms with E-state index in [2.05, 4.69) is 31.5 Å². The summed E-state index contributed by atoms with van der Waals surface area (Å²) in [5, 5.41) is 6.52. The highest BCUT2D eigenvalue weighted by atomic mass is 79.9. The molecule has 0 bridgehead atoms. The summed E-state index contributed by atoms with van der Waals surface area (Å²) in [5.41, 5.74) is 2.54. The molecule has 0 saturated heterocycles. The number of halogens is 1. The smallest absolute Gasteiger partial charge is 0.251 e. The van der Waals surface area contributed by atoms with E-state index in [1.165, 1.54) is 0 Å². The first-order valence-electron chi connectivity index (χ1n) is 8.26. The fourth-order valence-corrected chi connectivity index (χ4v) is 3.06. The van der Waals surface area contributed by atoms with Gasteiger partial charge in [0, 0.05) is 28.2 Å². The van der Waals surface area contributed by atoms with E-state index in [0.717, 1.165) is 20.9 Å². The maximum atomic E-state index is 12.0. The van der Waals surface area contributed by atoms with Gasteiger partial charge in [-0.25, -0.2) is 0 Å². The van der Waals surface area contributed by atoms with Crippen LogP contribution in [0.1, 0.15) is 15.9 Å². The average molecular weight is 412 g/mol. The lowest BCUT2D eigenvalue weighted by atomic mass is 10.1. The minimum Gasteiger partial charge on any atom is -0.354 e. The number of para-hydroxylation sites is 1. The number of carbonyl (C=O) groups is 2. The molecule has 132 valence electrons. The van der Waals surface area contributed by atoms with Gasteiger partial charge in [-0.3, -0.25) is 14.6 Å². The molecule has 3 aromatic rings. The van der Waals surface area contributed by atoms with E-state index in [9.17, 15) is 9.59 Å². The van der Waals surface area contributed by atoms with Crippen LogP contribution in [0.4, 0.5) is 0 Å². The number of hydrogen-bond acceptors (Lipinski definition) is 3. The SMILES string of the molecule is O=C(CNC(=O)c1cccc(Br)c1)NCCc1cccc2cccnc12. The molecule has 0 atom stereocenters. The molecular formula is C20H18BrN3O2. The minimum absolute atomic E-state index is 0.0564. The summed E-state index contributed by atoms with van der Waals surface area (Å²) < 4.78 is 0.818. The van der Waals surface area contributed by atoms with Gasteiger partial charge in [-0.05, 0) is 36.2 Å². The van der Waals surface area contributed by atoms with E-state index in [4.69, 9.17) is 0 Å². The Morgan fingerprint density at radius 2 is 1.81 bits per heavy atom. The van der Waals surface area contributed by atoms with Crippen LogP contribution in [0.15, 0.2) is 65.3 Å². The molecule has 0 radical (unpaired) electrons. The number of fused-ring (bicyclic) bond motifs is 1. The number of nitrogens with one attached hydrogen (secondary N) is 2. The third kappa shape index (κ3) is 4.67. The van der Waals surface area contributed by atoms with Gasteiger partial charge in [-0.1, -0.05) is 46.3 Å². The predicted octanol–water partition coefficient (Wildman–Crippen LogP) is 3.09. The van der Waals surface area contributed by atoms with Crippen molar-refractivity contribution in [1.82, 2.24) is 15.6 Å². The van der Waals surface area contributed by atoms with E-state index in [1.807, 2.05) is 36.4 Å². The molecule has 0 unspecified atom stereocenters. The topological polar surface area (TPSA) is 71.1 Å². The van der Waals surface area contributed by atoms with Crippen molar-refractivity contribution in [3.8, 4) is 0 Å². The van der Waals surface area contributed by atoms with Gasteiger partial charge < -0.3 is 10.6 Å². The predicted molar refractivity (Wildman–Crippen MR) is 105 cm³/mol. The largest absolute Gasteiger partial charge is 0.354 e. The Kier molecular flexibility index (Phi) is 5.96. The number of benzene rings is 2. The standard InChI is InChI=1S/C20H18BrN3O2/c21-17-8-2-6-16(12-17)20(26)24-13-18(25)22-11-9-15-5-1-4-14-7-3-10-23-19(14)15/h1-8,10,12H,9,11,13H2,(H,22,25)(H,24,26). The summed E-state index contributed by atoms with van der Waals surface area (Å²) >= 11 is 3.32. The van der Waals surface area contributed by atoms with Gasteiger partial charge in [0.05, 0.1) is 12.1 Å². The number of hydrogen-bond donors (Lipinski definition) is 2. The molecule has 0 fully saturated rings. The zero-order valence-corrected chi connectivity index (χ0v) is 15.6. The van der Waals surface area contributed by atoms with Crippen LogP contribution in [0.5, 0.6) is 0 Å². The van der Waals surface area contributed by atoms with E-state index < -0.39 is 0 Å². The molecule has 1 aromatic heterocycles. The zero-order valence-electron chi connectivity index (χ0n) is 14.0. The highest BCUT2D eigenvalue weighted by molar-refractivity contribution is 9.10. The highest BCUT2D eigenvalue weighted by Gasteiger charge is 2.08. The monoisotopic (exact) mass is 411 g/mol. The van der Waals surface area contributed by atoms with Gasteiger partial charge >= 0.3 is 0 Å². The van der Waals surface area contributed by atoms with E-state index in [-0.39, 0.29) is 18.4 Å².